The SMILES string of the molecule is CCCN(CC)c1ccc(C(=O)O)nc1. The van der Waals surface area contributed by atoms with E-state index < -0.39 is 5.97 Å². The van der Waals surface area contributed by atoms with Gasteiger partial charge in [0.2, 0.25) is 0 Å². The number of aromatic nitrogens is 1. The molecule has 0 radical (unpaired) electrons. The molecule has 0 aliphatic rings. The van der Waals surface area contributed by atoms with Gasteiger partial charge >= 0.3 is 5.97 Å². The van der Waals surface area contributed by atoms with Gasteiger partial charge in [-0.3, -0.25) is 0 Å². The number of anilines is 1. The van der Waals surface area contributed by atoms with Gasteiger partial charge in [0.1, 0.15) is 5.69 Å². The van der Waals surface area contributed by atoms with Crippen LogP contribution in [0.25, 0.3) is 0 Å². The maximum Gasteiger partial charge on any atom is 0.354 e. The highest BCUT2D eigenvalue weighted by Crippen LogP contribution is 2.13. The van der Waals surface area contributed by atoms with E-state index in [4.69, 9.17) is 5.11 Å². The van der Waals surface area contributed by atoms with E-state index in [0.717, 1.165) is 25.2 Å². The third-order valence-electron chi connectivity index (χ3n) is 2.21. The predicted octanol–water partition coefficient (Wildman–Crippen LogP) is 2.02. The molecule has 1 N–H and O–H groups in total. The Morgan fingerprint density at radius 1 is 1.47 bits per heavy atom. The van der Waals surface area contributed by atoms with Gasteiger partial charge in [-0.2, -0.15) is 0 Å². The number of hydrogen-bond acceptors (Lipinski definition) is 3. The van der Waals surface area contributed by atoms with E-state index in [2.05, 4.69) is 23.7 Å². The average molecular weight is 208 g/mol. The normalized spacial score (nSPS) is 10.0. The quantitative estimate of drug-likeness (QED) is 0.804. The fourth-order valence-electron chi connectivity index (χ4n) is 1.44. The number of pyridine rings is 1. The molecule has 1 aromatic heterocycles. The van der Waals surface area contributed by atoms with Crippen LogP contribution in [0.2, 0.25) is 0 Å². The van der Waals surface area contributed by atoms with Crippen LogP contribution in [-0.2, 0) is 0 Å². The van der Waals surface area contributed by atoms with E-state index in [1.165, 1.54) is 6.07 Å². The van der Waals surface area contributed by atoms with Gasteiger partial charge in [0.15, 0.2) is 0 Å². The highest BCUT2D eigenvalue weighted by molar-refractivity contribution is 5.85. The number of carbonyl (C=O) groups is 1. The maximum absolute atomic E-state index is 10.6. The van der Waals surface area contributed by atoms with Crippen molar-refractivity contribution in [1.82, 2.24) is 4.98 Å². The molecule has 0 fully saturated rings. The summed E-state index contributed by atoms with van der Waals surface area (Å²) in [7, 11) is 0. The molecule has 0 bridgehead atoms. The first-order valence-corrected chi connectivity index (χ1v) is 5.13. The summed E-state index contributed by atoms with van der Waals surface area (Å²) in [6.07, 6.45) is 2.68. The Hall–Kier alpha value is -1.58. The van der Waals surface area contributed by atoms with Gasteiger partial charge in [-0.05, 0) is 25.5 Å². The summed E-state index contributed by atoms with van der Waals surface area (Å²) in [5.41, 5.74) is 1.07. The zero-order valence-corrected chi connectivity index (χ0v) is 9.10. The highest BCUT2D eigenvalue weighted by atomic mass is 16.4. The lowest BCUT2D eigenvalue weighted by atomic mass is 10.3. The Labute approximate surface area is 89.6 Å². The molecule has 0 aliphatic carbocycles. The first kappa shape index (κ1) is 11.5. The molecule has 1 aromatic rings. The molecule has 0 aromatic carbocycles. The Kier molecular flexibility index (Phi) is 4.09. The minimum atomic E-state index is -0.986. The van der Waals surface area contributed by atoms with E-state index >= 15 is 0 Å². The van der Waals surface area contributed by atoms with Crippen LogP contribution in [0.5, 0.6) is 0 Å². The van der Waals surface area contributed by atoms with Crippen molar-refractivity contribution < 1.29 is 9.90 Å². The molecule has 0 saturated carbocycles. The Morgan fingerprint density at radius 2 is 2.20 bits per heavy atom. The van der Waals surface area contributed by atoms with Gasteiger partial charge in [-0.25, -0.2) is 9.78 Å². The molecule has 0 spiro atoms. The molecule has 0 atom stereocenters. The minimum absolute atomic E-state index is 0.0892. The number of carboxylic acid groups (broad SMARTS) is 1. The lowest BCUT2D eigenvalue weighted by Gasteiger charge is -2.21. The van der Waals surface area contributed by atoms with Crippen molar-refractivity contribution in [2.75, 3.05) is 18.0 Å². The Bertz CT molecular complexity index is 322. The van der Waals surface area contributed by atoms with Crippen LogP contribution < -0.4 is 4.90 Å². The summed E-state index contributed by atoms with van der Waals surface area (Å²) < 4.78 is 0. The average Bonchev–Trinajstić information content (AvgIpc) is 2.26. The van der Waals surface area contributed by atoms with Gasteiger partial charge in [0.05, 0.1) is 11.9 Å². The summed E-state index contributed by atoms with van der Waals surface area (Å²) in [4.78, 5) is 16.7. The van der Waals surface area contributed by atoms with Crippen LogP contribution in [0.4, 0.5) is 5.69 Å². The molecule has 82 valence electrons. The van der Waals surface area contributed by atoms with Crippen molar-refractivity contribution in [1.29, 1.82) is 0 Å². The van der Waals surface area contributed by atoms with Crippen LogP contribution in [0.3, 0.4) is 0 Å². The summed E-state index contributed by atoms with van der Waals surface area (Å²) in [6, 6.07) is 3.34. The van der Waals surface area contributed by atoms with Gasteiger partial charge in [0, 0.05) is 13.1 Å². The van der Waals surface area contributed by atoms with Crippen molar-refractivity contribution in [3.05, 3.63) is 24.0 Å². The maximum atomic E-state index is 10.6. The molecule has 0 aliphatic heterocycles. The summed E-state index contributed by atoms with van der Waals surface area (Å²) in [5.74, 6) is -0.986. The van der Waals surface area contributed by atoms with E-state index in [9.17, 15) is 4.79 Å². The van der Waals surface area contributed by atoms with E-state index in [1.54, 1.807) is 12.3 Å². The fourth-order valence-corrected chi connectivity index (χ4v) is 1.44. The predicted molar refractivity (Wildman–Crippen MR) is 59.4 cm³/mol. The van der Waals surface area contributed by atoms with Gasteiger partial charge in [-0.1, -0.05) is 6.92 Å². The van der Waals surface area contributed by atoms with Crippen molar-refractivity contribution in [2.24, 2.45) is 0 Å². The number of aromatic carboxylic acids is 1. The van der Waals surface area contributed by atoms with E-state index in [0.29, 0.717) is 0 Å². The fraction of sp³-hybridized carbons (Fsp3) is 0.455. The second kappa shape index (κ2) is 5.34. The lowest BCUT2D eigenvalue weighted by molar-refractivity contribution is 0.0690. The van der Waals surface area contributed by atoms with E-state index in [1.807, 2.05) is 0 Å². The zero-order valence-electron chi connectivity index (χ0n) is 9.10. The molecule has 1 heterocycles. The smallest absolute Gasteiger partial charge is 0.354 e. The standard InChI is InChI=1S/C11H16N2O2/c1-3-7-13(4-2)9-5-6-10(11(14)15)12-8-9/h5-6,8H,3-4,7H2,1-2H3,(H,14,15). The Balaban J connectivity index is 2.81. The molecule has 1 rings (SSSR count). The molecular formula is C11H16N2O2. The molecule has 0 saturated heterocycles. The number of nitrogens with zero attached hydrogens (tertiary/aromatic N) is 2. The van der Waals surface area contributed by atoms with Crippen LogP contribution in [-0.4, -0.2) is 29.1 Å². The summed E-state index contributed by atoms with van der Waals surface area (Å²) in [6.45, 7) is 6.05. The van der Waals surface area contributed by atoms with Crippen molar-refractivity contribution >= 4 is 11.7 Å². The van der Waals surface area contributed by atoms with Crippen molar-refractivity contribution in [2.45, 2.75) is 20.3 Å². The first-order chi connectivity index (χ1) is 7.19. The van der Waals surface area contributed by atoms with E-state index in [-0.39, 0.29) is 5.69 Å². The molecule has 0 unspecified atom stereocenters. The topological polar surface area (TPSA) is 53.4 Å². The molecule has 15 heavy (non-hydrogen) atoms. The zero-order chi connectivity index (χ0) is 11.3. The molecule has 4 heteroatoms. The third-order valence-corrected chi connectivity index (χ3v) is 2.21. The van der Waals surface area contributed by atoms with Crippen LogP contribution in [0.15, 0.2) is 18.3 Å². The van der Waals surface area contributed by atoms with Crippen LogP contribution >= 0.6 is 0 Å². The number of carboxylic acids is 1. The summed E-state index contributed by atoms with van der Waals surface area (Å²) in [5, 5.41) is 8.70. The Morgan fingerprint density at radius 3 is 2.60 bits per heavy atom. The minimum Gasteiger partial charge on any atom is -0.477 e. The van der Waals surface area contributed by atoms with Crippen molar-refractivity contribution in [3.8, 4) is 0 Å². The third kappa shape index (κ3) is 2.94. The monoisotopic (exact) mass is 208 g/mol. The second-order valence-electron chi connectivity index (χ2n) is 3.29. The first-order valence-electron chi connectivity index (χ1n) is 5.13. The van der Waals surface area contributed by atoms with Crippen LogP contribution in [0.1, 0.15) is 30.8 Å². The number of hydrogen-bond donors (Lipinski definition) is 1. The summed E-state index contributed by atoms with van der Waals surface area (Å²) >= 11 is 0. The molecule has 4 nitrogen and oxygen atoms in total. The largest absolute Gasteiger partial charge is 0.477 e. The lowest BCUT2D eigenvalue weighted by Crippen LogP contribution is -2.23. The van der Waals surface area contributed by atoms with Gasteiger partial charge in [0.25, 0.3) is 0 Å². The van der Waals surface area contributed by atoms with Crippen molar-refractivity contribution in [3.63, 3.8) is 0 Å². The molecule has 0 amide bonds. The van der Waals surface area contributed by atoms with Gasteiger partial charge < -0.3 is 10.0 Å². The highest BCUT2D eigenvalue weighted by Gasteiger charge is 2.06. The van der Waals surface area contributed by atoms with Gasteiger partial charge in [-0.15, -0.1) is 0 Å². The molecular weight excluding hydrogens is 192 g/mol. The van der Waals surface area contributed by atoms with Crippen LogP contribution in [0, 0.1) is 0 Å². The second-order valence-corrected chi connectivity index (χ2v) is 3.29. The number of rotatable bonds is 5.